The fraction of sp³-hybridized carbons (Fsp3) is 0.391. The molecule has 0 spiro atoms. The number of hydrogen-bond acceptors (Lipinski definition) is 3. The Morgan fingerprint density at radius 2 is 2.00 bits per heavy atom. The lowest BCUT2D eigenvalue weighted by molar-refractivity contribution is -0.0515. The van der Waals surface area contributed by atoms with Crippen LogP contribution in [0.4, 0.5) is 5.69 Å². The first-order valence-corrected chi connectivity index (χ1v) is 10.1. The third-order valence-electron chi connectivity index (χ3n) is 6.15. The van der Waals surface area contributed by atoms with Gasteiger partial charge in [-0.25, -0.2) is 4.85 Å². The molecule has 2 aromatic rings. The van der Waals surface area contributed by atoms with Gasteiger partial charge < -0.3 is 10.1 Å². The first-order chi connectivity index (χ1) is 13.8. The number of rotatable bonds is 4. The zero-order chi connectivity index (χ0) is 20.8. The van der Waals surface area contributed by atoms with Gasteiger partial charge >= 0.3 is 0 Å². The Kier molecular flexibility index (Phi) is 5.02. The molecule has 1 amide bonds. The number of benzene rings is 2. The minimum atomic E-state index is -0.211. The summed E-state index contributed by atoms with van der Waals surface area (Å²) in [6, 6.07) is 11.1. The lowest BCUT2D eigenvalue weighted by Crippen LogP contribution is -2.63. The smallest absolute Gasteiger partial charge is 0.251 e. The van der Waals surface area contributed by atoms with E-state index >= 15 is 0 Å². The second-order valence-corrected chi connectivity index (χ2v) is 8.98. The van der Waals surface area contributed by atoms with Crippen LogP contribution in [0.5, 0.6) is 5.75 Å². The molecule has 4 rings (SSSR count). The van der Waals surface area contributed by atoms with Gasteiger partial charge in [-0.3, -0.25) is 9.69 Å². The standard InChI is InChI=1S/C23H24ClN3O2/c1-23(2)20(11-21(23)29-17-7-8-19(25-3)18(24)10-17)26-22(28)14-5-6-15-12-27(4)13-16(15)9-14/h5-10,20-21H,11-13H2,1-2,4H3,(H,26,28)/t20-,21-/m0/s1. The SMILES string of the molecule is [C-]#[N+]c1ccc(O[C@H]2C[C@H](NC(=O)c3ccc4c(c3)CN(C)C4)C2(C)C)cc1Cl. The summed E-state index contributed by atoms with van der Waals surface area (Å²) >= 11 is 6.11. The highest BCUT2D eigenvalue weighted by Crippen LogP contribution is 2.44. The van der Waals surface area contributed by atoms with Crippen molar-refractivity contribution >= 4 is 23.2 Å². The number of ether oxygens (including phenoxy) is 1. The minimum Gasteiger partial charge on any atom is -0.490 e. The quantitative estimate of drug-likeness (QED) is 0.737. The summed E-state index contributed by atoms with van der Waals surface area (Å²) in [6.45, 7) is 13.1. The van der Waals surface area contributed by atoms with E-state index in [9.17, 15) is 4.79 Å². The molecule has 1 saturated carbocycles. The van der Waals surface area contributed by atoms with Crippen molar-refractivity contribution < 1.29 is 9.53 Å². The fourth-order valence-corrected chi connectivity index (χ4v) is 4.31. The van der Waals surface area contributed by atoms with Crippen molar-refractivity contribution in [2.75, 3.05) is 7.05 Å². The van der Waals surface area contributed by atoms with Gasteiger partial charge in [-0.15, -0.1) is 0 Å². The summed E-state index contributed by atoms with van der Waals surface area (Å²) in [5.74, 6) is 0.608. The molecule has 0 bridgehead atoms. The molecule has 1 aliphatic heterocycles. The summed E-state index contributed by atoms with van der Waals surface area (Å²) in [5, 5.41) is 3.56. The van der Waals surface area contributed by atoms with Gasteiger partial charge in [-0.05, 0) is 42.4 Å². The molecule has 5 nitrogen and oxygen atoms in total. The Morgan fingerprint density at radius 3 is 2.69 bits per heavy atom. The second-order valence-electron chi connectivity index (χ2n) is 8.57. The number of carbonyl (C=O) groups excluding carboxylic acids is 1. The highest BCUT2D eigenvalue weighted by atomic mass is 35.5. The number of fused-ring (bicyclic) bond motifs is 1. The monoisotopic (exact) mass is 409 g/mol. The van der Waals surface area contributed by atoms with E-state index in [4.69, 9.17) is 22.9 Å². The third kappa shape index (κ3) is 3.71. The van der Waals surface area contributed by atoms with E-state index < -0.39 is 0 Å². The summed E-state index contributed by atoms with van der Waals surface area (Å²) < 4.78 is 6.09. The van der Waals surface area contributed by atoms with Gasteiger partial charge in [0.25, 0.3) is 5.91 Å². The summed E-state index contributed by atoms with van der Waals surface area (Å²) in [6.07, 6.45) is 0.700. The van der Waals surface area contributed by atoms with Gasteiger partial charge in [-0.1, -0.05) is 37.6 Å². The van der Waals surface area contributed by atoms with Crippen molar-refractivity contribution in [2.24, 2.45) is 5.41 Å². The van der Waals surface area contributed by atoms with E-state index in [0.717, 1.165) is 19.5 Å². The van der Waals surface area contributed by atoms with Gasteiger partial charge in [0.1, 0.15) is 11.9 Å². The van der Waals surface area contributed by atoms with Crippen molar-refractivity contribution in [3.8, 4) is 5.75 Å². The molecular formula is C23H24ClN3O2. The Hall–Kier alpha value is -2.55. The number of halogens is 1. The summed E-state index contributed by atoms with van der Waals surface area (Å²) in [4.78, 5) is 18.4. The van der Waals surface area contributed by atoms with Crippen LogP contribution in [0.25, 0.3) is 4.85 Å². The lowest BCUT2D eigenvalue weighted by atomic mass is 9.64. The van der Waals surface area contributed by atoms with Crippen LogP contribution in [0.2, 0.25) is 5.02 Å². The molecule has 0 saturated heterocycles. The van der Waals surface area contributed by atoms with E-state index in [-0.39, 0.29) is 23.5 Å². The van der Waals surface area contributed by atoms with Gasteiger partial charge in [0.15, 0.2) is 0 Å². The minimum absolute atomic E-state index is 0.0312. The molecule has 1 aliphatic carbocycles. The average molecular weight is 410 g/mol. The number of carbonyl (C=O) groups is 1. The Labute approximate surface area is 176 Å². The van der Waals surface area contributed by atoms with Crippen LogP contribution >= 0.6 is 11.6 Å². The van der Waals surface area contributed by atoms with Crippen LogP contribution in [0.1, 0.15) is 41.8 Å². The third-order valence-corrected chi connectivity index (χ3v) is 6.45. The van der Waals surface area contributed by atoms with Gasteiger partial charge in [-0.2, -0.15) is 0 Å². The molecule has 150 valence electrons. The molecule has 0 aromatic heterocycles. The van der Waals surface area contributed by atoms with E-state index in [1.165, 1.54) is 11.1 Å². The molecule has 29 heavy (non-hydrogen) atoms. The van der Waals surface area contributed by atoms with Gasteiger partial charge in [0, 0.05) is 36.5 Å². The van der Waals surface area contributed by atoms with Crippen molar-refractivity contribution in [3.05, 3.63) is 69.5 Å². The van der Waals surface area contributed by atoms with Gasteiger partial charge in [0.2, 0.25) is 5.69 Å². The van der Waals surface area contributed by atoms with Crippen molar-refractivity contribution in [1.29, 1.82) is 0 Å². The Bertz CT molecular complexity index is 1010. The van der Waals surface area contributed by atoms with Crippen LogP contribution in [0.15, 0.2) is 36.4 Å². The maximum Gasteiger partial charge on any atom is 0.251 e. The number of nitrogens with one attached hydrogen (secondary N) is 1. The van der Waals surface area contributed by atoms with Crippen molar-refractivity contribution in [2.45, 2.75) is 45.5 Å². The van der Waals surface area contributed by atoms with E-state index in [2.05, 4.69) is 42.0 Å². The highest BCUT2D eigenvalue weighted by Gasteiger charge is 2.50. The zero-order valence-corrected chi connectivity index (χ0v) is 17.6. The number of nitrogens with zero attached hydrogens (tertiary/aromatic N) is 2. The number of amides is 1. The normalized spacial score (nSPS) is 22.3. The van der Waals surface area contributed by atoms with E-state index in [1.807, 2.05) is 12.1 Å². The van der Waals surface area contributed by atoms with Crippen LogP contribution < -0.4 is 10.1 Å². The molecule has 0 radical (unpaired) electrons. The molecule has 1 fully saturated rings. The second kappa shape index (κ2) is 7.37. The zero-order valence-electron chi connectivity index (χ0n) is 16.8. The summed E-state index contributed by atoms with van der Waals surface area (Å²) in [7, 11) is 2.08. The first-order valence-electron chi connectivity index (χ1n) is 9.73. The first kappa shape index (κ1) is 19.8. The van der Waals surface area contributed by atoms with Crippen LogP contribution in [-0.4, -0.2) is 30.0 Å². The molecule has 6 heteroatoms. The summed E-state index contributed by atoms with van der Waals surface area (Å²) in [5.41, 5.74) is 3.44. The molecule has 1 N–H and O–H groups in total. The largest absolute Gasteiger partial charge is 0.490 e. The Morgan fingerprint density at radius 1 is 1.24 bits per heavy atom. The lowest BCUT2D eigenvalue weighted by Gasteiger charge is -2.51. The van der Waals surface area contributed by atoms with Crippen LogP contribution in [0.3, 0.4) is 0 Å². The van der Waals surface area contributed by atoms with Crippen molar-refractivity contribution in [3.63, 3.8) is 0 Å². The molecule has 2 aromatic carbocycles. The van der Waals surface area contributed by atoms with E-state index in [0.29, 0.717) is 22.0 Å². The van der Waals surface area contributed by atoms with Crippen molar-refractivity contribution in [1.82, 2.24) is 10.2 Å². The molecule has 1 heterocycles. The van der Waals surface area contributed by atoms with Crippen LogP contribution in [-0.2, 0) is 13.1 Å². The predicted molar refractivity (Wildman–Crippen MR) is 113 cm³/mol. The molecule has 2 aliphatic rings. The average Bonchev–Trinajstić information content (AvgIpc) is 3.06. The van der Waals surface area contributed by atoms with Crippen LogP contribution in [0, 0.1) is 12.0 Å². The topological polar surface area (TPSA) is 45.9 Å². The predicted octanol–water partition coefficient (Wildman–Crippen LogP) is 4.81. The number of hydrogen-bond donors (Lipinski definition) is 1. The fourth-order valence-electron chi connectivity index (χ4n) is 4.09. The highest BCUT2D eigenvalue weighted by molar-refractivity contribution is 6.33. The molecule has 0 unspecified atom stereocenters. The van der Waals surface area contributed by atoms with E-state index in [1.54, 1.807) is 18.2 Å². The molecular weight excluding hydrogens is 386 g/mol. The molecule has 2 atom stereocenters. The maximum absolute atomic E-state index is 12.8. The maximum atomic E-state index is 12.8. The van der Waals surface area contributed by atoms with Gasteiger partial charge in [0.05, 0.1) is 11.6 Å². The Balaban J connectivity index is 1.39.